The minimum atomic E-state index is -0.952. The van der Waals surface area contributed by atoms with Crippen molar-refractivity contribution in [3.05, 3.63) is 52.1 Å². The average molecular weight is 369 g/mol. The van der Waals surface area contributed by atoms with Crippen molar-refractivity contribution in [3.63, 3.8) is 0 Å². The van der Waals surface area contributed by atoms with E-state index in [1.54, 1.807) is 12.1 Å². The number of benzene rings is 2. The molecule has 0 saturated heterocycles. The summed E-state index contributed by atoms with van der Waals surface area (Å²) in [6, 6.07) is 7.12. The van der Waals surface area contributed by atoms with E-state index in [1.807, 2.05) is 39.8 Å². The summed E-state index contributed by atoms with van der Waals surface area (Å²) in [4.78, 5) is 12.8. The van der Waals surface area contributed by atoms with Gasteiger partial charge < -0.3 is 20.3 Å². The summed E-state index contributed by atoms with van der Waals surface area (Å²) in [5.41, 5.74) is 3.32. The number of para-hydroxylation sites is 1. The lowest BCUT2D eigenvalue weighted by Crippen LogP contribution is -2.51. The zero-order valence-corrected chi connectivity index (χ0v) is 16.3. The third kappa shape index (κ3) is 3.46. The van der Waals surface area contributed by atoms with E-state index in [2.05, 4.69) is 5.32 Å². The van der Waals surface area contributed by atoms with Crippen molar-refractivity contribution >= 4 is 5.91 Å². The molecule has 144 valence electrons. The maximum atomic E-state index is 12.8. The smallest absolute Gasteiger partial charge is 0.263 e. The average Bonchev–Trinajstić information content (AvgIpc) is 2.66. The molecule has 3 N–H and O–H groups in total. The second-order valence-corrected chi connectivity index (χ2v) is 7.50. The Kier molecular flexibility index (Phi) is 5.05. The van der Waals surface area contributed by atoms with Crippen molar-refractivity contribution in [1.82, 2.24) is 5.32 Å². The van der Waals surface area contributed by atoms with Gasteiger partial charge in [-0.3, -0.25) is 4.79 Å². The monoisotopic (exact) mass is 369 g/mol. The number of fused-ring (bicyclic) bond motifs is 1. The van der Waals surface area contributed by atoms with Crippen LogP contribution in [-0.4, -0.2) is 28.3 Å². The lowest BCUT2D eigenvalue weighted by atomic mass is 9.86. The summed E-state index contributed by atoms with van der Waals surface area (Å²) in [7, 11) is 0. The molecule has 1 amide bonds. The number of amides is 1. The standard InChI is InChI=1S/C22H27NO4/c1-13-14(2)20-17(15(3)19(13)25)9-11-22(4,27-20)21(26)23-12-10-16-7-5-6-8-18(16)24/h5-8,24-25H,9-12H2,1-4H3,(H,23,26). The van der Waals surface area contributed by atoms with Gasteiger partial charge in [0.1, 0.15) is 17.2 Å². The fraction of sp³-hybridized carbons (Fsp3) is 0.409. The fourth-order valence-electron chi connectivity index (χ4n) is 3.63. The first kappa shape index (κ1) is 19.1. The molecular formula is C22H27NO4. The molecule has 0 saturated carbocycles. The molecule has 0 aliphatic carbocycles. The maximum absolute atomic E-state index is 12.8. The molecule has 5 heteroatoms. The number of phenols is 2. The molecule has 1 aliphatic rings. The third-order valence-corrected chi connectivity index (χ3v) is 5.67. The number of carbonyl (C=O) groups is 1. The van der Waals surface area contributed by atoms with Crippen molar-refractivity contribution in [1.29, 1.82) is 0 Å². The molecule has 0 radical (unpaired) electrons. The number of nitrogens with one attached hydrogen (secondary N) is 1. The van der Waals surface area contributed by atoms with E-state index in [1.165, 1.54) is 0 Å². The molecule has 0 bridgehead atoms. The van der Waals surface area contributed by atoms with E-state index in [0.717, 1.165) is 27.8 Å². The Bertz CT molecular complexity index is 890. The van der Waals surface area contributed by atoms with Crippen LogP contribution in [0, 0.1) is 20.8 Å². The second kappa shape index (κ2) is 7.14. The quantitative estimate of drug-likeness (QED) is 0.771. The predicted octanol–water partition coefficient (Wildman–Crippen LogP) is 3.47. The van der Waals surface area contributed by atoms with Crippen molar-refractivity contribution in [3.8, 4) is 17.2 Å². The minimum Gasteiger partial charge on any atom is -0.508 e. The van der Waals surface area contributed by atoms with Gasteiger partial charge in [-0.15, -0.1) is 0 Å². The molecule has 27 heavy (non-hydrogen) atoms. The van der Waals surface area contributed by atoms with Crippen LogP contribution in [0.15, 0.2) is 24.3 Å². The van der Waals surface area contributed by atoms with E-state index < -0.39 is 5.60 Å². The molecule has 2 aromatic rings. The molecule has 0 aromatic heterocycles. The van der Waals surface area contributed by atoms with E-state index in [4.69, 9.17) is 4.74 Å². The third-order valence-electron chi connectivity index (χ3n) is 5.67. The zero-order valence-electron chi connectivity index (χ0n) is 16.3. The van der Waals surface area contributed by atoms with Crippen LogP contribution in [0.5, 0.6) is 17.2 Å². The van der Waals surface area contributed by atoms with Gasteiger partial charge in [0.25, 0.3) is 5.91 Å². The number of phenolic OH excluding ortho intramolecular Hbond substituents is 2. The van der Waals surface area contributed by atoms with Gasteiger partial charge in [-0.25, -0.2) is 0 Å². The first-order valence-electron chi connectivity index (χ1n) is 9.30. The van der Waals surface area contributed by atoms with Crippen LogP contribution in [0.4, 0.5) is 0 Å². The molecule has 2 aromatic carbocycles. The summed E-state index contributed by atoms with van der Waals surface area (Å²) >= 11 is 0. The molecular weight excluding hydrogens is 342 g/mol. The maximum Gasteiger partial charge on any atom is 0.263 e. The largest absolute Gasteiger partial charge is 0.508 e. The van der Waals surface area contributed by atoms with Crippen LogP contribution in [0.25, 0.3) is 0 Å². The van der Waals surface area contributed by atoms with Crippen LogP contribution < -0.4 is 10.1 Å². The molecule has 0 fully saturated rings. The number of hydrogen-bond acceptors (Lipinski definition) is 4. The van der Waals surface area contributed by atoms with Crippen LogP contribution in [0.3, 0.4) is 0 Å². The molecule has 5 nitrogen and oxygen atoms in total. The number of ether oxygens (including phenoxy) is 1. The topological polar surface area (TPSA) is 78.8 Å². The number of carbonyl (C=O) groups excluding carboxylic acids is 1. The van der Waals surface area contributed by atoms with Gasteiger partial charge in [-0.2, -0.15) is 0 Å². The van der Waals surface area contributed by atoms with Crippen LogP contribution in [0.1, 0.15) is 41.2 Å². The van der Waals surface area contributed by atoms with E-state index >= 15 is 0 Å². The zero-order chi connectivity index (χ0) is 19.8. The fourth-order valence-corrected chi connectivity index (χ4v) is 3.63. The van der Waals surface area contributed by atoms with Gasteiger partial charge in [0.05, 0.1) is 0 Å². The van der Waals surface area contributed by atoms with Gasteiger partial charge in [0.15, 0.2) is 5.60 Å². The lowest BCUT2D eigenvalue weighted by Gasteiger charge is -2.36. The predicted molar refractivity (Wildman–Crippen MR) is 104 cm³/mol. The van der Waals surface area contributed by atoms with Gasteiger partial charge >= 0.3 is 0 Å². The number of hydrogen-bond donors (Lipinski definition) is 3. The highest BCUT2D eigenvalue weighted by Gasteiger charge is 2.40. The Morgan fingerprint density at radius 2 is 1.85 bits per heavy atom. The van der Waals surface area contributed by atoms with Crippen molar-refractivity contribution in [2.45, 2.75) is 52.6 Å². The SMILES string of the molecule is Cc1c(C)c2c(c(C)c1O)CCC(C)(C(=O)NCCc1ccccc1O)O2. The van der Waals surface area contributed by atoms with Crippen LogP contribution in [-0.2, 0) is 17.6 Å². The second-order valence-electron chi connectivity index (χ2n) is 7.50. The van der Waals surface area contributed by atoms with Gasteiger partial charge in [-0.05, 0) is 68.9 Å². The van der Waals surface area contributed by atoms with Crippen molar-refractivity contribution < 1.29 is 19.7 Å². The number of rotatable bonds is 4. The van der Waals surface area contributed by atoms with Crippen molar-refractivity contribution in [2.75, 3.05) is 6.54 Å². The van der Waals surface area contributed by atoms with E-state index in [9.17, 15) is 15.0 Å². The summed E-state index contributed by atoms with van der Waals surface area (Å²) in [5.74, 6) is 1.10. The van der Waals surface area contributed by atoms with Crippen LogP contribution >= 0.6 is 0 Å². The van der Waals surface area contributed by atoms with Crippen LogP contribution in [0.2, 0.25) is 0 Å². The first-order valence-corrected chi connectivity index (χ1v) is 9.30. The Hall–Kier alpha value is -2.69. The minimum absolute atomic E-state index is 0.161. The van der Waals surface area contributed by atoms with Crippen molar-refractivity contribution in [2.24, 2.45) is 0 Å². The molecule has 0 spiro atoms. The Labute approximate surface area is 160 Å². The Morgan fingerprint density at radius 1 is 1.15 bits per heavy atom. The summed E-state index contributed by atoms with van der Waals surface area (Å²) in [6.07, 6.45) is 1.78. The van der Waals surface area contributed by atoms with Gasteiger partial charge in [-0.1, -0.05) is 18.2 Å². The highest BCUT2D eigenvalue weighted by atomic mass is 16.5. The molecule has 1 unspecified atom stereocenters. The summed E-state index contributed by atoms with van der Waals surface area (Å²) in [5, 5.41) is 23.0. The summed E-state index contributed by atoms with van der Waals surface area (Å²) < 4.78 is 6.18. The first-order chi connectivity index (χ1) is 12.7. The summed E-state index contributed by atoms with van der Waals surface area (Å²) in [6.45, 7) is 7.89. The highest BCUT2D eigenvalue weighted by molar-refractivity contribution is 5.85. The lowest BCUT2D eigenvalue weighted by molar-refractivity contribution is -0.136. The molecule has 1 aliphatic heterocycles. The normalized spacial score (nSPS) is 18.5. The number of aromatic hydroxyl groups is 2. The van der Waals surface area contributed by atoms with Gasteiger partial charge in [0, 0.05) is 18.5 Å². The Morgan fingerprint density at radius 3 is 2.56 bits per heavy atom. The molecule has 3 rings (SSSR count). The highest BCUT2D eigenvalue weighted by Crippen LogP contribution is 2.43. The Balaban J connectivity index is 1.72. The van der Waals surface area contributed by atoms with E-state index in [-0.39, 0.29) is 11.7 Å². The molecule has 1 heterocycles. The van der Waals surface area contributed by atoms with E-state index in [0.29, 0.717) is 37.3 Å². The van der Waals surface area contributed by atoms with Gasteiger partial charge in [0.2, 0.25) is 0 Å². The molecule has 1 atom stereocenters.